The summed E-state index contributed by atoms with van der Waals surface area (Å²) in [5, 5.41) is 9.93. The van der Waals surface area contributed by atoms with Gasteiger partial charge in [0, 0.05) is 0 Å². The van der Waals surface area contributed by atoms with Crippen LogP contribution in [0.1, 0.15) is 0 Å². The van der Waals surface area contributed by atoms with Crippen molar-refractivity contribution in [3.05, 3.63) is 34.4 Å². The summed E-state index contributed by atoms with van der Waals surface area (Å²) in [6, 6.07) is 6.73. The average Bonchev–Trinajstić information content (AvgIpc) is 2.03. The Morgan fingerprint density at radius 1 is 1.50 bits per heavy atom. The summed E-state index contributed by atoms with van der Waals surface area (Å²) in [6.07, 6.45) is 0. The van der Waals surface area contributed by atoms with Crippen molar-refractivity contribution in [1.82, 2.24) is 0 Å². The Morgan fingerprint density at radius 3 is 2.75 bits per heavy atom. The SMILES string of the molecule is O=[N+]([O-])COc1ccccc1[S]. The maximum absolute atomic E-state index is 9.93. The molecular formula is C7H6NO3S. The van der Waals surface area contributed by atoms with Gasteiger partial charge in [-0.3, -0.25) is 10.1 Å². The Bertz CT molecular complexity index is 290. The summed E-state index contributed by atoms with van der Waals surface area (Å²) in [5.74, 6) is 0.379. The second-order valence-electron chi connectivity index (χ2n) is 2.05. The second kappa shape index (κ2) is 3.87. The summed E-state index contributed by atoms with van der Waals surface area (Å²) in [4.78, 5) is 9.86. The third-order valence-electron chi connectivity index (χ3n) is 1.17. The molecule has 63 valence electrons. The molecule has 0 aromatic heterocycles. The first-order chi connectivity index (χ1) is 5.70. The van der Waals surface area contributed by atoms with Crippen LogP contribution in [0.15, 0.2) is 29.2 Å². The molecule has 0 aliphatic rings. The van der Waals surface area contributed by atoms with Gasteiger partial charge in [0.25, 0.3) is 0 Å². The van der Waals surface area contributed by atoms with Crippen LogP contribution in [-0.2, 0) is 0 Å². The fraction of sp³-hybridized carbons (Fsp3) is 0.143. The molecule has 0 heterocycles. The van der Waals surface area contributed by atoms with Crippen molar-refractivity contribution in [1.29, 1.82) is 0 Å². The molecule has 1 aromatic rings. The van der Waals surface area contributed by atoms with Crippen LogP contribution >= 0.6 is 12.6 Å². The second-order valence-corrected chi connectivity index (χ2v) is 2.49. The van der Waals surface area contributed by atoms with Gasteiger partial charge in [-0.1, -0.05) is 24.8 Å². The lowest BCUT2D eigenvalue weighted by atomic mass is 10.3. The number of ether oxygens (including phenoxy) is 1. The molecular weight excluding hydrogens is 178 g/mol. The predicted octanol–water partition coefficient (Wildman–Crippen LogP) is 1.86. The first-order valence-corrected chi connectivity index (χ1v) is 3.61. The number of para-hydroxylation sites is 1. The van der Waals surface area contributed by atoms with Gasteiger partial charge in [-0.25, -0.2) is 0 Å². The Labute approximate surface area is 74.7 Å². The largest absolute Gasteiger partial charge is 0.431 e. The number of nitro groups is 1. The summed E-state index contributed by atoms with van der Waals surface area (Å²) >= 11 is 4.86. The van der Waals surface area contributed by atoms with Crippen LogP contribution in [0.25, 0.3) is 0 Å². The molecule has 0 bridgehead atoms. The van der Waals surface area contributed by atoms with E-state index in [4.69, 9.17) is 17.4 Å². The molecule has 0 aliphatic heterocycles. The fourth-order valence-electron chi connectivity index (χ4n) is 0.692. The summed E-state index contributed by atoms with van der Waals surface area (Å²) < 4.78 is 4.79. The minimum absolute atomic E-state index is 0.379. The maximum atomic E-state index is 9.93. The Hall–Kier alpha value is -1.36. The van der Waals surface area contributed by atoms with E-state index in [-0.39, 0.29) is 0 Å². The predicted molar refractivity (Wildman–Crippen MR) is 44.8 cm³/mol. The van der Waals surface area contributed by atoms with E-state index in [1.807, 2.05) is 0 Å². The van der Waals surface area contributed by atoms with Crippen LogP contribution in [0.5, 0.6) is 5.75 Å². The molecule has 1 rings (SSSR count). The van der Waals surface area contributed by atoms with Gasteiger partial charge in [0.15, 0.2) is 0 Å². The van der Waals surface area contributed by atoms with Crippen molar-refractivity contribution in [2.45, 2.75) is 4.90 Å². The van der Waals surface area contributed by atoms with Gasteiger partial charge < -0.3 is 4.74 Å². The lowest BCUT2D eigenvalue weighted by molar-refractivity contribution is -0.514. The summed E-state index contributed by atoms with van der Waals surface area (Å²) in [6.45, 7) is -0.548. The van der Waals surface area contributed by atoms with Crippen LogP contribution in [0.4, 0.5) is 0 Å². The number of hydrogen-bond donors (Lipinski definition) is 0. The molecule has 12 heavy (non-hydrogen) atoms. The van der Waals surface area contributed by atoms with Crippen molar-refractivity contribution in [3.8, 4) is 5.75 Å². The van der Waals surface area contributed by atoms with E-state index >= 15 is 0 Å². The van der Waals surface area contributed by atoms with E-state index < -0.39 is 11.7 Å². The maximum Gasteiger partial charge on any atom is 0.344 e. The van der Waals surface area contributed by atoms with Gasteiger partial charge in [-0.05, 0) is 12.1 Å². The van der Waals surface area contributed by atoms with Gasteiger partial charge in [0.05, 0.1) is 9.82 Å². The summed E-state index contributed by atoms with van der Waals surface area (Å²) in [7, 11) is 0. The first-order valence-electron chi connectivity index (χ1n) is 3.21. The highest BCUT2D eigenvalue weighted by Crippen LogP contribution is 2.20. The highest BCUT2D eigenvalue weighted by molar-refractivity contribution is 7.80. The quantitative estimate of drug-likeness (QED) is 0.409. The fourth-order valence-corrected chi connectivity index (χ4v) is 0.897. The molecule has 0 unspecified atom stereocenters. The monoisotopic (exact) mass is 184 g/mol. The van der Waals surface area contributed by atoms with E-state index in [0.29, 0.717) is 10.6 Å². The van der Waals surface area contributed by atoms with Crippen LogP contribution in [0.2, 0.25) is 0 Å². The highest BCUT2D eigenvalue weighted by atomic mass is 32.1. The van der Waals surface area contributed by atoms with Crippen molar-refractivity contribution < 1.29 is 9.66 Å². The third-order valence-corrected chi connectivity index (χ3v) is 1.51. The third kappa shape index (κ3) is 2.35. The first kappa shape index (κ1) is 8.73. The zero-order chi connectivity index (χ0) is 8.97. The molecule has 4 nitrogen and oxygen atoms in total. The number of benzene rings is 1. The van der Waals surface area contributed by atoms with Crippen LogP contribution < -0.4 is 4.74 Å². The van der Waals surface area contributed by atoms with Crippen molar-refractivity contribution >= 4 is 12.6 Å². The smallest absolute Gasteiger partial charge is 0.344 e. The minimum atomic E-state index is -0.554. The van der Waals surface area contributed by atoms with Gasteiger partial charge in [0.1, 0.15) is 5.75 Å². The molecule has 0 aliphatic carbocycles. The average molecular weight is 184 g/mol. The minimum Gasteiger partial charge on any atom is -0.431 e. The molecule has 0 fully saturated rings. The molecule has 0 saturated heterocycles. The van der Waals surface area contributed by atoms with Crippen LogP contribution in [0, 0.1) is 10.1 Å². The Morgan fingerprint density at radius 2 is 2.17 bits per heavy atom. The molecule has 0 N–H and O–H groups in total. The topological polar surface area (TPSA) is 52.4 Å². The van der Waals surface area contributed by atoms with E-state index in [0.717, 1.165) is 0 Å². The molecule has 0 atom stereocenters. The molecule has 0 spiro atoms. The normalized spacial score (nSPS) is 9.33. The molecule has 0 amide bonds. The zero-order valence-corrected chi connectivity index (χ0v) is 6.91. The lowest BCUT2D eigenvalue weighted by Crippen LogP contribution is -2.08. The van der Waals surface area contributed by atoms with Crippen molar-refractivity contribution in [3.63, 3.8) is 0 Å². The van der Waals surface area contributed by atoms with Gasteiger partial charge in [-0.2, -0.15) is 0 Å². The van der Waals surface area contributed by atoms with Gasteiger partial charge in [-0.15, -0.1) is 0 Å². The molecule has 1 radical (unpaired) electrons. The summed E-state index contributed by atoms with van der Waals surface area (Å²) in [5.41, 5.74) is 0. The van der Waals surface area contributed by atoms with Crippen LogP contribution in [0.3, 0.4) is 0 Å². The van der Waals surface area contributed by atoms with Crippen molar-refractivity contribution in [2.75, 3.05) is 6.73 Å². The van der Waals surface area contributed by atoms with Crippen LogP contribution in [-0.4, -0.2) is 11.7 Å². The number of rotatable bonds is 3. The molecule has 0 saturated carbocycles. The highest BCUT2D eigenvalue weighted by Gasteiger charge is 2.02. The van der Waals surface area contributed by atoms with E-state index in [9.17, 15) is 10.1 Å². The Kier molecular flexibility index (Phi) is 2.82. The Balaban J connectivity index is 2.63. The zero-order valence-electron chi connectivity index (χ0n) is 6.10. The molecule has 1 aromatic carbocycles. The standard InChI is InChI=1S/C7H6NO3S/c9-8(10)5-11-6-3-1-2-4-7(6)12/h1-4H,5H2. The molecule has 5 heteroatoms. The van der Waals surface area contributed by atoms with E-state index in [1.54, 1.807) is 24.3 Å². The lowest BCUT2D eigenvalue weighted by Gasteiger charge is -2.01. The van der Waals surface area contributed by atoms with Gasteiger partial charge in [0.2, 0.25) is 0 Å². The van der Waals surface area contributed by atoms with Crippen molar-refractivity contribution in [2.24, 2.45) is 0 Å². The van der Waals surface area contributed by atoms with E-state index in [1.165, 1.54) is 0 Å². The number of hydrogen-bond acceptors (Lipinski definition) is 3. The van der Waals surface area contributed by atoms with Gasteiger partial charge >= 0.3 is 6.73 Å². The van der Waals surface area contributed by atoms with E-state index in [2.05, 4.69) is 0 Å². The number of nitrogens with zero attached hydrogens (tertiary/aromatic N) is 1.